The summed E-state index contributed by atoms with van der Waals surface area (Å²) in [5.74, 6) is 0.945. The van der Waals surface area contributed by atoms with Crippen molar-refractivity contribution in [1.29, 1.82) is 0 Å². The Morgan fingerprint density at radius 1 is 0.857 bits per heavy atom. The molecule has 42 heavy (non-hydrogen) atoms. The maximum Gasteiger partial charge on any atom is 0.573 e. The van der Waals surface area contributed by atoms with E-state index in [0.29, 0.717) is 39.6 Å². The Bertz CT molecular complexity index is 1670. The zero-order chi connectivity index (χ0) is 30.2. The SMILES string of the molecule is COc1cc2nccc(Oc3ccc(N4C(=O)CN(c5cccc(OC(F)(F)F)c5)C4=O)cc3C(C)C)c2cc1OC. The fourth-order valence-corrected chi connectivity index (χ4v) is 4.68. The van der Waals surface area contributed by atoms with Crippen LogP contribution >= 0.6 is 0 Å². The Morgan fingerprint density at radius 3 is 2.29 bits per heavy atom. The number of urea groups is 1. The number of rotatable bonds is 8. The number of methoxy groups -OCH3 is 2. The Labute approximate surface area is 239 Å². The molecule has 1 aliphatic heterocycles. The van der Waals surface area contributed by atoms with Crippen molar-refractivity contribution in [1.82, 2.24) is 4.98 Å². The fourth-order valence-electron chi connectivity index (χ4n) is 4.68. The van der Waals surface area contributed by atoms with Crippen LogP contribution in [0.5, 0.6) is 28.7 Å². The number of nitrogens with zero attached hydrogens (tertiary/aromatic N) is 3. The van der Waals surface area contributed by atoms with Gasteiger partial charge in [0.25, 0.3) is 5.91 Å². The lowest BCUT2D eigenvalue weighted by Crippen LogP contribution is -2.33. The predicted molar refractivity (Wildman–Crippen MR) is 149 cm³/mol. The van der Waals surface area contributed by atoms with Crippen molar-refractivity contribution < 1.29 is 41.7 Å². The number of benzene rings is 3. The van der Waals surface area contributed by atoms with Gasteiger partial charge in [0.2, 0.25) is 0 Å². The fraction of sp³-hybridized carbons (Fsp3) is 0.233. The number of aromatic nitrogens is 1. The lowest BCUT2D eigenvalue weighted by molar-refractivity contribution is -0.274. The van der Waals surface area contributed by atoms with Crippen molar-refractivity contribution in [3.63, 3.8) is 0 Å². The number of hydrogen-bond acceptors (Lipinski definition) is 7. The van der Waals surface area contributed by atoms with Gasteiger partial charge in [-0.15, -0.1) is 13.2 Å². The second-order valence-electron chi connectivity index (χ2n) is 9.66. The Kier molecular flexibility index (Phi) is 7.55. The monoisotopic (exact) mass is 581 g/mol. The molecule has 9 nitrogen and oxygen atoms in total. The normalized spacial score (nSPS) is 13.7. The molecular formula is C30H26F3N3O6. The number of imide groups is 1. The van der Waals surface area contributed by atoms with Gasteiger partial charge in [0.05, 0.1) is 25.4 Å². The molecule has 0 unspecified atom stereocenters. The summed E-state index contributed by atoms with van der Waals surface area (Å²) in [5.41, 5.74) is 1.75. The van der Waals surface area contributed by atoms with Gasteiger partial charge < -0.3 is 18.9 Å². The molecule has 0 saturated carbocycles. The quantitative estimate of drug-likeness (QED) is 0.206. The van der Waals surface area contributed by atoms with Crippen molar-refractivity contribution in [2.45, 2.75) is 26.1 Å². The van der Waals surface area contributed by atoms with Crippen molar-refractivity contribution >= 4 is 34.2 Å². The number of ether oxygens (including phenoxy) is 4. The topological polar surface area (TPSA) is 90.4 Å². The third-order valence-corrected chi connectivity index (χ3v) is 6.63. The van der Waals surface area contributed by atoms with Gasteiger partial charge in [0.1, 0.15) is 23.8 Å². The van der Waals surface area contributed by atoms with Gasteiger partial charge in [-0.3, -0.25) is 14.7 Å². The smallest absolute Gasteiger partial charge is 0.493 e. The molecule has 218 valence electrons. The van der Waals surface area contributed by atoms with Gasteiger partial charge in [0.15, 0.2) is 11.5 Å². The van der Waals surface area contributed by atoms with Gasteiger partial charge in [0, 0.05) is 29.4 Å². The Hall–Kier alpha value is -5.00. The highest BCUT2D eigenvalue weighted by molar-refractivity contribution is 6.27. The zero-order valence-electron chi connectivity index (χ0n) is 23.1. The number of carbonyl (C=O) groups excluding carboxylic acids is 2. The Balaban J connectivity index is 1.46. The summed E-state index contributed by atoms with van der Waals surface area (Å²) >= 11 is 0. The van der Waals surface area contributed by atoms with Crippen LogP contribution in [-0.2, 0) is 4.79 Å². The summed E-state index contributed by atoms with van der Waals surface area (Å²) in [4.78, 5) is 32.8. The van der Waals surface area contributed by atoms with Gasteiger partial charge in [-0.2, -0.15) is 0 Å². The second kappa shape index (κ2) is 11.1. The standard InChI is InChI=1S/C30H26F3N3O6/c1-17(2)21-13-19(36-28(37)16-35(29(36)38)18-6-5-7-20(12-18)42-30(31,32)33)8-9-24(21)41-25-10-11-34-23-15-27(40-4)26(39-3)14-22(23)25/h5-15,17H,16H2,1-4H3. The van der Waals surface area contributed by atoms with E-state index in [1.165, 1.54) is 26.4 Å². The molecule has 0 bridgehead atoms. The number of anilines is 2. The van der Waals surface area contributed by atoms with E-state index in [4.69, 9.17) is 14.2 Å². The van der Waals surface area contributed by atoms with Gasteiger partial charge in [-0.1, -0.05) is 19.9 Å². The van der Waals surface area contributed by atoms with E-state index in [1.807, 2.05) is 13.8 Å². The van der Waals surface area contributed by atoms with Crippen LogP contribution in [0.15, 0.2) is 66.9 Å². The van der Waals surface area contributed by atoms with Crippen LogP contribution in [0.3, 0.4) is 0 Å². The molecule has 12 heteroatoms. The van der Waals surface area contributed by atoms with Gasteiger partial charge in [-0.25, -0.2) is 9.69 Å². The molecule has 1 aromatic heterocycles. The van der Waals surface area contributed by atoms with Crippen molar-refractivity contribution in [3.8, 4) is 28.7 Å². The highest BCUT2D eigenvalue weighted by atomic mass is 19.4. The molecule has 2 heterocycles. The molecule has 3 amide bonds. The summed E-state index contributed by atoms with van der Waals surface area (Å²) in [7, 11) is 3.07. The van der Waals surface area contributed by atoms with E-state index in [9.17, 15) is 22.8 Å². The molecule has 5 rings (SSSR count). The van der Waals surface area contributed by atoms with E-state index >= 15 is 0 Å². The first-order valence-corrected chi connectivity index (χ1v) is 12.8. The van der Waals surface area contributed by atoms with Gasteiger partial charge >= 0.3 is 12.4 Å². The lowest BCUT2D eigenvalue weighted by Gasteiger charge is -2.21. The molecule has 0 N–H and O–H groups in total. The van der Waals surface area contributed by atoms with Crippen LogP contribution in [0, 0.1) is 0 Å². The molecule has 0 spiro atoms. The number of carbonyl (C=O) groups is 2. The van der Waals surface area contributed by atoms with Crippen LogP contribution in [0.1, 0.15) is 25.3 Å². The zero-order valence-corrected chi connectivity index (χ0v) is 23.1. The summed E-state index contributed by atoms with van der Waals surface area (Å²) in [6.07, 6.45) is -3.29. The molecule has 0 aliphatic carbocycles. The van der Waals surface area contributed by atoms with Crippen molar-refractivity contribution in [2.75, 3.05) is 30.6 Å². The molecule has 0 radical (unpaired) electrons. The van der Waals surface area contributed by atoms with Crippen LogP contribution < -0.4 is 28.7 Å². The summed E-state index contributed by atoms with van der Waals surface area (Å²) in [6, 6.07) is 14.4. The highest BCUT2D eigenvalue weighted by Gasteiger charge is 2.39. The number of amides is 3. The van der Waals surface area contributed by atoms with Crippen LogP contribution in [0.4, 0.5) is 29.3 Å². The first-order valence-electron chi connectivity index (χ1n) is 12.8. The summed E-state index contributed by atoms with van der Waals surface area (Å²) in [6.45, 7) is 3.53. The minimum atomic E-state index is -4.89. The molecule has 1 saturated heterocycles. The molecule has 4 aromatic rings. The number of hydrogen-bond donors (Lipinski definition) is 0. The number of pyridine rings is 1. The van der Waals surface area contributed by atoms with Crippen molar-refractivity contribution in [2.24, 2.45) is 0 Å². The third-order valence-electron chi connectivity index (χ3n) is 6.63. The summed E-state index contributed by atoms with van der Waals surface area (Å²) < 4.78 is 59.2. The average molecular weight is 582 g/mol. The number of fused-ring (bicyclic) bond motifs is 1. The lowest BCUT2D eigenvalue weighted by atomic mass is 10.0. The maximum atomic E-state index is 13.3. The highest BCUT2D eigenvalue weighted by Crippen LogP contribution is 2.40. The third kappa shape index (κ3) is 5.60. The molecule has 3 aromatic carbocycles. The maximum absolute atomic E-state index is 13.3. The van der Waals surface area contributed by atoms with Crippen molar-refractivity contribution in [3.05, 3.63) is 72.4 Å². The average Bonchev–Trinajstić information content (AvgIpc) is 3.25. The number of halogens is 3. The van der Waals surface area contributed by atoms with E-state index in [2.05, 4.69) is 9.72 Å². The second-order valence-corrected chi connectivity index (χ2v) is 9.66. The Morgan fingerprint density at radius 2 is 1.60 bits per heavy atom. The molecule has 0 atom stereocenters. The minimum absolute atomic E-state index is 0.0669. The van der Waals surface area contributed by atoms with E-state index < -0.39 is 24.1 Å². The van der Waals surface area contributed by atoms with E-state index in [-0.39, 0.29) is 18.2 Å². The minimum Gasteiger partial charge on any atom is -0.493 e. The first kappa shape index (κ1) is 28.5. The van der Waals surface area contributed by atoms with Crippen LogP contribution in [-0.4, -0.2) is 44.0 Å². The van der Waals surface area contributed by atoms with Crippen LogP contribution in [0.25, 0.3) is 10.9 Å². The first-order chi connectivity index (χ1) is 20.0. The molecular weight excluding hydrogens is 555 g/mol. The van der Waals surface area contributed by atoms with Gasteiger partial charge in [-0.05, 0) is 53.9 Å². The molecule has 1 fully saturated rings. The van der Waals surface area contributed by atoms with Crippen LogP contribution in [0.2, 0.25) is 0 Å². The summed E-state index contributed by atoms with van der Waals surface area (Å²) in [5, 5.41) is 0.686. The number of alkyl halides is 3. The molecule has 1 aliphatic rings. The van der Waals surface area contributed by atoms with E-state index in [1.54, 1.807) is 42.6 Å². The van der Waals surface area contributed by atoms with E-state index in [0.717, 1.165) is 27.5 Å². The predicted octanol–water partition coefficient (Wildman–Crippen LogP) is 7.04. The largest absolute Gasteiger partial charge is 0.573 e.